The van der Waals surface area contributed by atoms with Gasteiger partial charge in [0.2, 0.25) is 5.91 Å². The molecule has 1 saturated carbocycles. The van der Waals surface area contributed by atoms with Crippen LogP contribution < -0.4 is 4.74 Å². The summed E-state index contributed by atoms with van der Waals surface area (Å²) in [5.41, 5.74) is -0.374. The number of hydrogen-bond donors (Lipinski definition) is 0. The van der Waals surface area contributed by atoms with Crippen LogP contribution in [0, 0.1) is 5.92 Å². The van der Waals surface area contributed by atoms with Crippen LogP contribution in [0.1, 0.15) is 36.3 Å². The Hall–Kier alpha value is -2.50. The van der Waals surface area contributed by atoms with Crippen LogP contribution in [0.5, 0.6) is 5.75 Å². The number of nitrogens with zero attached hydrogens (tertiary/aromatic N) is 1. The van der Waals surface area contributed by atoms with Crippen molar-refractivity contribution in [3.8, 4) is 5.75 Å². The molecular weight excluding hydrogens is 367 g/mol. The summed E-state index contributed by atoms with van der Waals surface area (Å²) in [6.07, 6.45) is -2.37. The minimum absolute atomic E-state index is 0.0276. The summed E-state index contributed by atoms with van der Waals surface area (Å²) in [5.74, 6) is 0.122. The Morgan fingerprint density at radius 1 is 0.964 bits per heavy atom. The van der Waals surface area contributed by atoms with Gasteiger partial charge in [0.05, 0.1) is 5.56 Å². The highest BCUT2D eigenvalue weighted by atomic mass is 19.4. The van der Waals surface area contributed by atoms with E-state index in [-0.39, 0.29) is 29.4 Å². The molecule has 1 saturated heterocycles. The highest BCUT2D eigenvalue weighted by Crippen LogP contribution is 2.51. The van der Waals surface area contributed by atoms with Crippen LogP contribution in [0.25, 0.3) is 0 Å². The Morgan fingerprint density at radius 2 is 1.61 bits per heavy atom. The summed E-state index contributed by atoms with van der Waals surface area (Å²) in [4.78, 5) is 14.6. The molecule has 0 bridgehead atoms. The molecule has 2 fully saturated rings. The van der Waals surface area contributed by atoms with Gasteiger partial charge in [-0.1, -0.05) is 36.4 Å². The Kier molecular flexibility index (Phi) is 5.04. The maximum absolute atomic E-state index is 13.2. The molecule has 2 aromatic rings. The summed E-state index contributed by atoms with van der Waals surface area (Å²) in [6.45, 7) is 1.17. The third-order valence-corrected chi connectivity index (χ3v) is 5.57. The molecule has 1 heterocycles. The van der Waals surface area contributed by atoms with Crippen molar-refractivity contribution < 1.29 is 22.7 Å². The molecule has 1 aliphatic carbocycles. The molecule has 6 heteroatoms. The number of piperidine rings is 1. The molecule has 28 heavy (non-hydrogen) atoms. The summed E-state index contributed by atoms with van der Waals surface area (Å²) in [5, 5.41) is 0. The lowest BCUT2D eigenvalue weighted by molar-refractivity contribution is -0.139. The fraction of sp³-hybridized carbons (Fsp3) is 0.409. The van der Waals surface area contributed by atoms with Gasteiger partial charge in [-0.15, -0.1) is 0 Å². The van der Waals surface area contributed by atoms with Crippen molar-refractivity contribution in [2.24, 2.45) is 5.92 Å². The topological polar surface area (TPSA) is 29.5 Å². The fourth-order valence-corrected chi connectivity index (χ4v) is 4.01. The molecule has 0 N–H and O–H groups in total. The van der Waals surface area contributed by atoms with Gasteiger partial charge in [-0.3, -0.25) is 4.79 Å². The Balaban J connectivity index is 1.34. The van der Waals surface area contributed by atoms with E-state index in [1.165, 1.54) is 12.1 Å². The van der Waals surface area contributed by atoms with Crippen LogP contribution in [0.2, 0.25) is 0 Å². The zero-order valence-electron chi connectivity index (χ0n) is 15.4. The van der Waals surface area contributed by atoms with Gasteiger partial charge in [0.1, 0.15) is 11.9 Å². The number of halogens is 3. The molecule has 2 atom stereocenters. The van der Waals surface area contributed by atoms with E-state index in [9.17, 15) is 18.0 Å². The first-order valence-electron chi connectivity index (χ1n) is 9.60. The molecule has 2 aliphatic rings. The van der Waals surface area contributed by atoms with Gasteiger partial charge in [-0.05, 0) is 36.1 Å². The number of carbonyl (C=O) groups excluding carboxylic acids is 1. The van der Waals surface area contributed by atoms with Gasteiger partial charge in [0.25, 0.3) is 0 Å². The van der Waals surface area contributed by atoms with Crippen molar-refractivity contribution in [1.29, 1.82) is 0 Å². The second kappa shape index (κ2) is 7.49. The predicted molar refractivity (Wildman–Crippen MR) is 99.0 cm³/mol. The van der Waals surface area contributed by atoms with Crippen molar-refractivity contribution >= 4 is 5.91 Å². The average molecular weight is 389 g/mol. The number of likely N-dealkylation sites (tertiary alicyclic amines) is 1. The lowest BCUT2D eigenvalue weighted by atomic mass is 10.0. The van der Waals surface area contributed by atoms with Gasteiger partial charge in [0, 0.05) is 31.8 Å². The lowest BCUT2D eigenvalue weighted by Gasteiger charge is -2.32. The number of carbonyl (C=O) groups is 1. The summed E-state index contributed by atoms with van der Waals surface area (Å²) in [7, 11) is 0. The van der Waals surface area contributed by atoms with E-state index in [0.29, 0.717) is 19.5 Å². The molecule has 4 rings (SSSR count). The van der Waals surface area contributed by atoms with Crippen LogP contribution >= 0.6 is 0 Å². The molecular formula is C22H22F3NO2. The first kappa shape index (κ1) is 18.8. The van der Waals surface area contributed by atoms with Crippen molar-refractivity contribution in [3.63, 3.8) is 0 Å². The quantitative estimate of drug-likeness (QED) is 0.746. The third kappa shape index (κ3) is 4.01. The molecule has 0 unspecified atom stereocenters. The molecule has 0 aromatic heterocycles. The summed E-state index contributed by atoms with van der Waals surface area (Å²) in [6, 6.07) is 15.2. The number of amides is 1. The van der Waals surface area contributed by atoms with Crippen molar-refractivity contribution in [3.05, 3.63) is 65.7 Å². The van der Waals surface area contributed by atoms with E-state index in [0.717, 1.165) is 24.7 Å². The van der Waals surface area contributed by atoms with Crippen LogP contribution in [0.4, 0.5) is 13.2 Å². The van der Waals surface area contributed by atoms with Crippen LogP contribution in [0.15, 0.2) is 54.6 Å². The van der Waals surface area contributed by atoms with Crippen molar-refractivity contribution in [2.45, 2.75) is 37.5 Å². The fourth-order valence-electron chi connectivity index (χ4n) is 4.01. The zero-order valence-corrected chi connectivity index (χ0v) is 15.4. The molecule has 2 aromatic carbocycles. The highest BCUT2D eigenvalue weighted by Gasteiger charge is 2.49. The highest BCUT2D eigenvalue weighted by molar-refractivity contribution is 5.83. The Labute approximate surface area is 162 Å². The van der Waals surface area contributed by atoms with Crippen LogP contribution in [0.3, 0.4) is 0 Å². The second-order valence-electron chi connectivity index (χ2n) is 7.49. The number of rotatable bonds is 4. The van der Waals surface area contributed by atoms with Crippen LogP contribution in [-0.4, -0.2) is 30.0 Å². The lowest BCUT2D eigenvalue weighted by Crippen LogP contribution is -2.42. The number of benzene rings is 2. The average Bonchev–Trinajstić information content (AvgIpc) is 3.49. The predicted octanol–water partition coefficient (Wildman–Crippen LogP) is 4.88. The van der Waals surface area contributed by atoms with Gasteiger partial charge < -0.3 is 9.64 Å². The Bertz CT molecular complexity index is 829. The molecule has 0 radical (unpaired) electrons. The minimum Gasteiger partial charge on any atom is -0.490 e. The van der Waals surface area contributed by atoms with E-state index < -0.39 is 11.7 Å². The molecule has 1 aliphatic heterocycles. The minimum atomic E-state index is -4.39. The normalized spacial score (nSPS) is 22.8. The molecule has 3 nitrogen and oxygen atoms in total. The first-order valence-corrected chi connectivity index (χ1v) is 9.60. The van der Waals surface area contributed by atoms with Gasteiger partial charge in [0.15, 0.2) is 0 Å². The van der Waals surface area contributed by atoms with Crippen molar-refractivity contribution in [1.82, 2.24) is 4.90 Å². The van der Waals surface area contributed by atoms with Gasteiger partial charge in [-0.2, -0.15) is 13.2 Å². The Morgan fingerprint density at radius 3 is 2.29 bits per heavy atom. The summed E-state index contributed by atoms with van der Waals surface area (Å²) >= 11 is 0. The zero-order chi connectivity index (χ0) is 19.7. The smallest absolute Gasteiger partial charge is 0.416 e. The first-order chi connectivity index (χ1) is 13.4. The van der Waals surface area contributed by atoms with E-state index in [1.807, 2.05) is 30.3 Å². The largest absolute Gasteiger partial charge is 0.490 e. The van der Waals surface area contributed by atoms with E-state index >= 15 is 0 Å². The van der Waals surface area contributed by atoms with E-state index in [4.69, 9.17) is 4.74 Å². The third-order valence-electron chi connectivity index (χ3n) is 5.57. The number of ether oxygens (including phenoxy) is 1. The monoisotopic (exact) mass is 389 g/mol. The molecule has 148 valence electrons. The molecule has 1 amide bonds. The molecule has 0 spiro atoms. The SMILES string of the molecule is O=C([C@H]1C[C@H]1c1ccccc1C(F)(F)F)N1CCC(Oc2ccccc2)CC1. The number of para-hydroxylation sites is 1. The van der Waals surface area contributed by atoms with Gasteiger partial charge in [-0.25, -0.2) is 0 Å². The van der Waals surface area contributed by atoms with Gasteiger partial charge >= 0.3 is 6.18 Å². The maximum atomic E-state index is 13.2. The van der Waals surface area contributed by atoms with E-state index in [2.05, 4.69) is 0 Å². The second-order valence-corrected chi connectivity index (χ2v) is 7.49. The number of alkyl halides is 3. The summed E-state index contributed by atoms with van der Waals surface area (Å²) < 4.78 is 45.6. The maximum Gasteiger partial charge on any atom is 0.416 e. The van der Waals surface area contributed by atoms with Crippen molar-refractivity contribution in [2.75, 3.05) is 13.1 Å². The van der Waals surface area contributed by atoms with E-state index in [1.54, 1.807) is 11.0 Å². The number of hydrogen-bond acceptors (Lipinski definition) is 2. The standard InChI is InChI=1S/C22H22F3NO2/c23-22(24,25)20-9-5-4-8-17(20)18-14-19(18)21(27)26-12-10-16(11-13-26)28-15-6-2-1-3-7-15/h1-9,16,18-19H,10-14H2/t18-,19-/m0/s1. The van der Waals surface area contributed by atoms with Crippen LogP contribution in [-0.2, 0) is 11.0 Å².